The number of hydrogen-bond acceptors (Lipinski definition) is 4. The third-order valence-corrected chi connectivity index (χ3v) is 9.64. The molecule has 0 bridgehead atoms. The second-order valence-electron chi connectivity index (χ2n) is 9.33. The van der Waals surface area contributed by atoms with E-state index in [1.807, 2.05) is 17.4 Å². The Morgan fingerprint density at radius 3 is 2.24 bits per heavy atom. The number of aryl methyl sites for hydroxylation is 1. The number of carbonyl (C=O) groups excluding carboxylic acids is 1. The number of thiophene rings is 2. The SMILES string of the molecule is CCCc1cc2cc(C(=O)OC3CCC(C4CCC(CCC)CC4)CC3)sc2s1. The molecule has 4 heteroatoms. The first kappa shape index (κ1) is 21.4. The molecule has 2 aromatic rings. The van der Waals surface area contributed by atoms with Gasteiger partial charge in [0.25, 0.3) is 0 Å². The van der Waals surface area contributed by atoms with Crippen LogP contribution in [0.3, 0.4) is 0 Å². The van der Waals surface area contributed by atoms with Crippen molar-refractivity contribution in [2.24, 2.45) is 17.8 Å². The van der Waals surface area contributed by atoms with Crippen LogP contribution in [0.5, 0.6) is 0 Å². The molecule has 0 saturated heterocycles. The fourth-order valence-electron chi connectivity index (χ4n) is 5.60. The van der Waals surface area contributed by atoms with Crippen LogP contribution in [0.25, 0.3) is 9.40 Å². The van der Waals surface area contributed by atoms with Crippen molar-refractivity contribution in [2.45, 2.75) is 97.0 Å². The minimum Gasteiger partial charge on any atom is -0.458 e. The third-order valence-electron chi connectivity index (χ3n) is 7.21. The van der Waals surface area contributed by atoms with Crippen molar-refractivity contribution in [3.63, 3.8) is 0 Å². The average molecular weight is 433 g/mol. The summed E-state index contributed by atoms with van der Waals surface area (Å²) in [5, 5.41) is 1.22. The maximum absolute atomic E-state index is 12.7. The molecule has 0 aliphatic heterocycles. The Labute approximate surface area is 184 Å². The predicted molar refractivity (Wildman–Crippen MR) is 125 cm³/mol. The molecule has 2 aromatic heterocycles. The van der Waals surface area contributed by atoms with Crippen LogP contribution >= 0.6 is 22.7 Å². The topological polar surface area (TPSA) is 26.3 Å². The standard InChI is InChI=1S/C25H36O2S2/c1-3-5-17-7-9-18(10-8-17)19-11-13-21(14-12-19)27-24(26)23-16-20-15-22(6-4-2)28-25(20)29-23/h15-19,21H,3-14H2,1-2H3. The lowest BCUT2D eigenvalue weighted by Gasteiger charge is -2.37. The smallest absolute Gasteiger partial charge is 0.348 e. The van der Waals surface area contributed by atoms with Gasteiger partial charge in [0.05, 0.1) is 4.01 Å². The van der Waals surface area contributed by atoms with Crippen molar-refractivity contribution in [3.8, 4) is 0 Å². The van der Waals surface area contributed by atoms with Gasteiger partial charge in [-0.1, -0.05) is 46.0 Å². The van der Waals surface area contributed by atoms with E-state index < -0.39 is 0 Å². The summed E-state index contributed by atoms with van der Waals surface area (Å²) in [4.78, 5) is 14.9. The molecule has 29 heavy (non-hydrogen) atoms. The molecule has 0 spiro atoms. The summed E-state index contributed by atoms with van der Waals surface area (Å²) in [7, 11) is 0. The molecule has 0 radical (unpaired) electrons. The van der Waals surface area contributed by atoms with E-state index in [9.17, 15) is 4.79 Å². The molecule has 2 saturated carbocycles. The highest BCUT2D eigenvalue weighted by atomic mass is 32.2. The first-order valence-electron chi connectivity index (χ1n) is 11.9. The fraction of sp³-hybridized carbons (Fsp3) is 0.720. The molecule has 2 nitrogen and oxygen atoms in total. The minimum atomic E-state index is -0.0982. The van der Waals surface area contributed by atoms with Crippen molar-refractivity contribution in [2.75, 3.05) is 0 Å². The molecule has 2 aliphatic carbocycles. The van der Waals surface area contributed by atoms with Crippen LogP contribution in [0.4, 0.5) is 0 Å². The van der Waals surface area contributed by atoms with Crippen molar-refractivity contribution in [3.05, 3.63) is 21.9 Å². The van der Waals surface area contributed by atoms with Crippen molar-refractivity contribution in [1.82, 2.24) is 0 Å². The lowest BCUT2D eigenvalue weighted by atomic mass is 9.70. The molecule has 2 aliphatic rings. The molecule has 0 N–H and O–H groups in total. The Morgan fingerprint density at radius 2 is 1.62 bits per heavy atom. The van der Waals surface area contributed by atoms with Gasteiger partial charge in [-0.3, -0.25) is 0 Å². The predicted octanol–water partition coefficient (Wildman–Crippen LogP) is 8.24. The van der Waals surface area contributed by atoms with E-state index >= 15 is 0 Å². The van der Waals surface area contributed by atoms with Crippen LogP contribution in [-0.4, -0.2) is 12.1 Å². The van der Waals surface area contributed by atoms with Crippen LogP contribution in [0.1, 0.15) is 99.0 Å². The van der Waals surface area contributed by atoms with E-state index in [4.69, 9.17) is 4.74 Å². The van der Waals surface area contributed by atoms with Gasteiger partial charge in [-0.25, -0.2) is 4.79 Å². The van der Waals surface area contributed by atoms with E-state index in [-0.39, 0.29) is 12.1 Å². The largest absolute Gasteiger partial charge is 0.458 e. The van der Waals surface area contributed by atoms with Crippen LogP contribution in [0.2, 0.25) is 0 Å². The Balaban J connectivity index is 1.24. The number of esters is 1. The minimum absolute atomic E-state index is 0.0982. The lowest BCUT2D eigenvalue weighted by molar-refractivity contribution is 0.0114. The van der Waals surface area contributed by atoms with Crippen LogP contribution < -0.4 is 0 Å². The summed E-state index contributed by atoms with van der Waals surface area (Å²) < 4.78 is 7.18. The second kappa shape index (κ2) is 9.96. The molecule has 4 rings (SSSR count). The fourth-order valence-corrected chi connectivity index (χ4v) is 8.08. The van der Waals surface area contributed by atoms with Gasteiger partial charge in [-0.15, -0.1) is 22.7 Å². The Bertz CT molecular complexity index is 757. The summed E-state index contributed by atoms with van der Waals surface area (Å²) in [6, 6.07) is 4.29. The van der Waals surface area contributed by atoms with Gasteiger partial charge in [-0.2, -0.15) is 0 Å². The molecule has 160 valence electrons. The van der Waals surface area contributed by atoms with E-state index in [1.165, 1.54) is 72.1 Å². The van der Waals surface area contributed by atoms with E-state index in [2.05, 4.69) is 19.9 Å². The monoisotopic (exact) mass is 432 g/mol. The first-order chi connectivity index (χ1) is 14.2. The van der Waals surface area contributed by atoms with Crippen molar-refractivity contribution in [1.29, 1.82) is 0 Å². The molecular formula is C25H36O2S2. The van der Waals surface area contributed by atoms with Gasteiger partial charge in [0.2, 0.25) is 0 Å². The van der Waals surface area contributed by atoms with Gasteiger partial charge in [0.1, 0.15) is 11.0 Å². The third kappa shape index (κ3) is 5.25. The summed E-state index contributed by atoms with van der Waals surface area (Å²) in [5.74, 6) is 2.70. The van der Waals surface area contributed by atoms with Crippen molar-refractivity contribution >= 4 is 38.0 Å². The van der Waals surface area contributed by atoms with Gasteiger partial charge >= 0.3 is 5.97 Å². The molecule has 0 aromatic carbocycles. The first-order valence-corrected chi connectivity index (χ1v) is 13.5. The van der Waals surface area contributed by atoms with Gasteiger partial charge in [-0.05, 0) is 74.8 Å². The molecule has 0 unspecified atom stereocenters. The lowest BCUT2D eigenvalue weighted by Crippen LogP contribution is -2.29. The maximum atomic E-state index is 12.7. The Morgan fingerprint density at radius 1 is 0.931 bits per heavy atom. The summed E-state index contributed by atoms with van der Waals surface area (Å²) >= 11 is 3.45. The number of ether oxygens (including phenoxy) is 1. The number of rotatable bonds is 7. The number of hydrogen-bond donors (Lipinski definition) is 0. The molecular weight excluding hydrogens is 396 g/mol. The van der Waals surface area contributed by atoms with E-state index in [0.29, 0.717) is 0 Å². The zero-order valence-electron chi connectivity index (χ0n) is 18.1. The van der Waals surface area contributed by atoms with Crippen molar-refractivity contribution < 1.29 is 9.53 Å². The molecule has 0 atom stereocenters. The Kier molecular flexibility index (Phi) is 7.34. The maximum Gasteiger partial charge on any atom is 0.348 e. The van der Waals surface area contributed by atoms with Crippen LogP contribution in [0, 0.1) is 17.8 Å². The summed E-state index contributed by atoms with van der Waals surface area (Å²) in [5.41, 5.74) is 0. The summed E-state index contributed by atoms with van der Waals surface area (Å²) in [6.45, 7) is 4.53. The normalized spacial score (nSPS) is 27.9. The summed E-state index contributed by atoms with van der Waals surface area (Å²) in [6.07, 6.45) is 15.6. The number of fused-ring (bicyclic) bond motifs is 1. The zero-order valence-corrected chi connectivity index (χ0v) is 19.7. The highest BCUT2D eigenvalue weighted by Gasteiger charge is 2.32. The van der Waals surface area contributed by atoms with E-state index in [1.54, 1.807) is 11.3 Å². The Hall–Kier alpha value is -0.870. The molecule has 2 fully saturated rings. The average Bonchev–Trinajstić information content (AvgIpc) is 3.29. The van der Waals surface area contributed by atoms with Gasteiger partial charge in [0, 0.05) is 10.3 Å². The quantitative estimate of drug-likeness (QED) is 0.412. The molecule has 0 amide bonds. The van der Waals surface area contributed by atoms with Gasteiger partial charge < -0.3 is 4.74 Å². The highest BCUT2D eigenvalue weighted by molar-refractivity contribution is 7.39. The number of carbonyl (C=O) groups is 1. The van der Waals surface area contributed by atoms with Gasteiger partial charge in [0.15, 0.2) is 0 Å². The van der Waals surface area contributed by atoms with Crippen LogP contribution in [-0.2, 0) is 11.2 Å². The van der Waals surface area contributed by atoms with Crippen LogP contribution in [0.15, 0.2) is 12.1 Å². The zero-order chi connectivity index (χ0) is 20.2. The second-order valence-corrected chi connectivity index (χ2v) is 11.8. The highest BCUT2D eigenvalue weighted by Crippen LogP contribution is 2.42. The van der Waals surface area contributed by atoms with E-state index in [0.717, 1.165) is 41.9 Å². The molecule has 2 heterocycles.